The van der Waals surface area contributed by atoms with E-state index in [4.69, 9.17) is 9.47 Å². The highest BCUT2D eigenvalue weighted by atomic mass is 32.2. The van der Waals surface area contributed by atoms with Crippen molar-refractivity contribution in [2.24, 2.45) is 0 Å². The predicted octanol–water partition coefficient (Wildman–Crippen LogP) is 2.29. The Labute approximate surface area is 124 Å². The SMILES string of the molecule is COc1ccc(OC)c(NC(=O)CSc2nncs2)c1. The Kier molecular flexibility index (Phi) is 5.19. The molecule has 0 radical (unpaired) electrons. The van der Waals surface area contributed by atoms with Crippen molar-refractivity contribution in [3.8, 4) is 11.5 Å². The second-order valence-electron chi connectivity index (χ2n) is 3.61. The van der Waals surface area contributed by atoms with E-state index >= 15 is 0 Å². The zero-order valence-electron chi connectivity index (χ0n) is 11.0. The van der Waals surface area contributed by atoms with Gasteiger partial charge in [0.25, 0.3) is 0 Å². The number of rotatable bonds is 6. The zero-order chi connectivity index (χ0) is 14.4. The second-order valence-corrected chi connectivity index (χ2v) is 5.66. The van der Waals surface area contributed by atoms with Crippen molar-refractivity contribution in [3.63, 3.8) is 0 Å². The molecule has 2 aromatic rings. The molecule has 0 atom stereocenters. The van der Waals surface area contributed by atoms with Crippen LogP contribution in [0, 0.1) is 0 Å². The maximum Gasteiger partial charge on any atom is 0.234 e. The van der Waals surface area contributed by atoms with E-state index in [1.807, 2.05) is 0 Å². The lowest BCUT2D eigenvalue weighted by Gasteiger charge is -2.11. The lowest BCUT2D eigenvalue weighted by Crippen LogP contribution is -2.14. The molecule has 0 aliphatic rings. The number of ether oxygens (including phenoxy) is 2. The molecule has 1 aromatic heterocycles. The van der Waals surface area contributed by atoms with Gasteiger partial charge >= 0.3 is 0 Å². The van der Waals surface area contributed by atoms with Crippen LogP contribution in [0.15, 0.2) is 28.0 Å². The molecule has 106 valence electrons. The predicted molar refractivity (Wildman–Crippen MR) is 78.8 cm³/mol. The molecule has 1 N–H and O–H groups in total. The van der Waals surface area contributed by atoms with Gasteiger partial charge in [-0.05, 0) is 12.1 Å². The van der Waals surface area contributed by atoms with Crippen molar-refractivity contribution in [3.05, 3.63) is 23.7 Å². The van der Waals surface area contributed by atoms with E-state index in [1.54, 1.807) is 37.9 Å². The van der Waals surface area contributed by atoms with Crippen LogP contribution in [0.25, 0.3) is 0 Å². The Morgan fingerprint density at radius 3 is 2.90 bits per heavy atom. The number of benzene rings is 1. The number of nitrogens with one attached hydrogen (secondary N) is 1. The molecule has 6 nitrogen and oxygen atoms in total. The van der Waals surface area contributed by atoms with Crippen LogP contribution in [0.4, 0.5) is 5.69 Å². The summed E-state index contributed by atoms with van der Waals surface area (Å²) in [4.78, 5) is 11.9. The van der Waals surface area contributed by atoms with Crippen LogP contribution in [0.2, 0.25) is 0 Å². The van der Waals surface area contributed by atoms with E-state index in [-0.39, 0.29) is 11.7 Å². The fourth-order valence-electron chi connectivity index (χ4n) is 1.45. The summed E-state index contributed by atoms with van der Waals surface area (Å²) < 4.78 is 11.1. The van der Waals surface area contributed by atoms with E-state index in [0.717, 1.165) is 4.34 Å². The molecule has 0 aliphatic carbocycles. The minimum absolute atomic E-state index is 0.142. The van der Waals surface area contributed by atoms with Crippen molar-refractivity contribution in [1.82, 2.24) is 10.2 Å². The summed E-state index contributed by atoms with van der Waals surface area (Å²) in [6.45, 7) is 0. The maximum atomic E-state index is 11.9. The lowest BCUT2D eigenvalue weighted by molar-refractivity contribution is -0.113. The average molecular weight is 311 g/mol. The van der Waals surface area contributed by atoms with E-state index in [2.05, 4.69) is 15.5 Å². The third kappa shape index (κ3) is 3.84. The Morgan fingerprint density at radius 1 is 1.40 bits per heavy atom. The normalized spacial score (nSPS) is 10.1. The van der Waals surface area contributed by atoms with Gasteiger partial charge in [0.1, 0.15) is 17.0 Å². The quantitative estimate of drug-likeness (QED) is 0.825. The summed E-state index contributed by atoms with van der Waals surface area (Å²) in [7, 11) is 3.12. The first-order valence-electron chi connectivity index (χ1n) is 5.63. The highest BCUT2D eigenvalue weighted by Crippen LogP contribution is 2.29. The second kappa shape index (κ2) is 7.11. The van der Waals surface area contributed by atoms with Crippen LogP contribution in [0.3, 0.4) is 0 Å². The molecular formula is C12H13N3O3S2. The van der Waals surface area contributed by atoms with Gasteiger partial charge < -0.3 is 14.8 Å². The molecule has 20 heavy (non-hydrogen) atoms. The first kappa shape index (κ1) is 14.6. The van der Waals surface area contributed by atoms with Gasteiger partial charge in [0.15, 0.2) is 4.34 Å². The van der Waals surface area contributed by atoms with Gasteiger partial charge in [-0.3, -0.25) is 4.79 Å². The summed E-state index contributed by atoms with van der Waals surface area (Å²) in [6.07, 6.45) is 0. The van der Waals surface area contributed by atoms with Crippen LogP contribution in [0.1, 0.15) is 0 Å². The molecule has 0 unspecified atom stereocenters. The number of thioether (sulfide) groups is 1. The van der Waals surface area contributed by atoms with Gasteiger partial charge in [-0.25, -0.2) is 0 Å². The number of carbonyl (C=O) groups is 1. The molecule has 0 saturated heterocycles. The maximum absolute atomic E-state index is 11.9. The average Bonchev–Trinajstić information content (AvgIpc) is 2.98. The molecule has 0 aliphatic heterocycles. The monoisotopic (exact) mass is 311 g/mol. The molecule has 2 rings (SSSR count). The molecule has 0 spiro atoms. The first-order chi connectivity index (χ1) is 9.72. The van der Waals surface area contributed by atoms with Crippen molar-refractivity contribution in [1.29, 1.82) is 0 Å². The molecule has 1 amide bonds. The number of aromatic nitrogens is 2. The third-order valence-electron chi connectivity index (χ3n) is 2.35. The van der Waals surface area contributed by atoms with Gasteiger partial charge in [0.2, 0.25) is 5.91 Å². The standard InChI is InChI=1S/C12H13N3O3S2/c1-17-8-3-4-10(18-2)9(5-8)14-11(16)6-19-12-15-13-7-20-12/h3-5,7H,6H2,1-2H3,(H,14,16). The minimum atomic E-state index is -0.142. The number of amides is 1. The number of anilines is 1. The largest absolute Gasteiger partial charge is 0.497 e. The number of hydrogen-bond acceptors (Lipinski definition) is 7. The molecule has 0 fully saturated rings. The number of nitrogens with zero attached hydrogens (tertiary/aromatic N) is 2. The zero-order valence-corrected chi connectivity index (χ0v) is 12.6. The number of methoxy groups -OCH3 is 2. The first-order valence-corrected chi connectivity index (χ1v) is 7.50. The van der Waals surface area contributed by atoms with E-state index in [0.29, 0.717) is 17.2 Å². The van der Waals surface area contributed by atoms with Crippen molar-refractivity contribution < 1.29 is 14.3 Å². The Balaban J connectivity index is 1.99. The highest BCUT2D eigenvalue weighted by Gasteiger charge is 2.10. The highest BCUT2D eigenvalue weighted by molar-refractivity contribution is 8.01. The van der Waals surface area contributed by atoms with Gasteiger partial charge in [0.05, 0.1) is 25.7 Å². The van der Waals surface area contributed by atoms with Crippen LogP contribution in [0.5, 0.6) is 11.5 Å². The molecule has 1 aromatic carbocycles. The van der Waals surface area contributed by atoms with E-state index in [9.17, 15) is 4.79 Å². The van der Waals surface area contributed by atoms with Crippen LogP contribution in [-0.2, 0) is 4.79 Å². The fourth-order valence-corrected chi connectivity index (χ4v) is 2.74. The topological polar surface area (TPSA) is 73.3 Å². The van der Waals surface area contributed by atoms with Crippen LogP contribution >= 0.6 is 23.1 Å². The van der Waals surface area contributed by atoms with E-state index in [1.165, 1.54) is 23.1 Å². The number of hydrogen-bond donors (Lipinski definition) is 1. The molecule has 1 heterocycles. The molecule has 0 saturated carbocycles. The lowest BCUT2D eigenvalue weighted by atomic mass is 10.2. The molecule has 8 heteroatoms. The summed E-state index contributed by atoms with van der Waals surface area (Å²) in [5.74, 6) is 1.35. The Hall–Kier alpha value is -1.80. The summed E-state index contributed by atoms with van der Waals surface area (Å²) in [6, 6.07) is 5.23. The molecule has 0 bridgehead atoms. The smallest absolute Gasteiger partial charge is 0.234 e. The molecular weight excluding hydrogens is 298 g/mol. The van der Waals surface area contributed by atoms with E-state index < -0.39 is 0 Å². The fraction of sp³-hybridized carbons (Fsp3) is 0.250. The Bertz CT molecular complexity index is 575. The van der Waals surface area contributed by atoms with Crippen LogP contribution in [-0.4, -0.2) is 36.1 Å². The summed E-state index contributed by atoms with van der Waals surface area (Å²) in [5, 5.41) is 10.4. The third-order valence-corrected chi connectivity index (χ3v) is 4.21. The Morgan fingerprint density at radius 2 is 2.25 bits per heavy atom. The van der Waals surface area contributed by atoms with Gasteiger partial charge in [0, 0.05) is 6.07 Å². The number of carbonyl (C=O) groups excluding carboxylic acids is 1. The minimum Gasteiger partial charge on any atom is -0.497 e. The van der Waals surface area contributed by atoms with Gasteiger partial charge in [-0.1, -0.05) is 23.1 Å². The van der Waals surface area contributed by atoms with Crippen molar-refractivity contribution in [2.75, 3.05) is 25.3 Å². The van der Waals surface area contributed by atoms with Gasteiger partial charge in [-0.2, -0.15) is 0 Å². The van der Waals surface area contributed by atoms with Crippen LogP contribution < -0.4 is 14.8 Å². The van der Waals surface area contributed by atoms with Gasteiger partial charge in [-0.15, -0.1) is 10.2 Å². The van der Waals surface area contributed by atoms with Crippen molar-refractivity contribution >= 4 is 34.7 Å². The summed E-state index contributed by atoms with van der Waals surface area (Å²) in [5.41, 5.74) is 2.21. The van der Waals surface area contributed by atoms with Crippen molar-refractivity contribution in [2.45, 2.75) is 4.34 Å². The summed E-state index contributed by atoms with van der Waals surface area (Å²) >= 11 is 2.74.